The Morgan fingerprint density at radius 3 is 2.56 bits per heavy atom. The Hall–Kier alpha value is -1.62. The Kier molecular flexibility index (Phi) is 3.52. The van der Waals surface area contributed by atoms with Gasteiger partial charge >= 0.3 is 0 Å². The minimum absolute atomic E-state index is 0.193. The second kappa shape index (κ2) is 4.94. The average molecular weight is 264 g/mol. The molecule has 1 aromatic carbocycles. The van der Waals surface area contributed by atoms with Gasteiger partial charge in [0.15, 0.2) is 5.04 Å². The zero-order valence-electron chi connectivity index (χ0n) is 10.4. The van der Waals surface area contributed by atoms with E-state index < -0.39 is 10.0 Å². The highest BCUT2D eigenvalue weighted by molar-refractivity contribution is 8.07. The number of anilines is 1. The molecule has 1 aliphatic rings. The summed E-state index contributed by atoms with van der Waals surface area (Å²) in [5.41, 5.74) is 1.65. The molecule has 0 fully saturated rings. The smallest absolute Gasteiger partial charge is 0.275 e. The molecule has 0 aliphatic carbocycles. The quantitative estimate of drug-likeness (QED) is 0.892. The van der Waals surface area contributed by atoms with Gasteiger partial charge in [-0.15, -0.1) is 0 Å². The summed E-state index contributed by atoms with van der Waals surface area (Å²) in [5.74, 6) is 0.201. The van der Waals surface area contributed by atoms with Gasteiger partial charge in [0.1, 0.15) is 0 Å². The molecule has 0 saturated carbocycles. The number of hydrogen-bond acceptors (Lipinski definition) is 3. The highest BCUT2D eigenvalue weighted by Gasteiger charge is 2.22. The maximum absolute atomic E-state index is 12.1. The lowest BCUT2D eigenvalue weighted by atomic mass is 10.1. The molecule has 1 atom stereocenters. The molecule has 0 radical (unpaired) electrons. The van der Waals surface area contributed by atoms with Crippen LogP contribution in [0.5, 0.6) is 0 Å². The third-order valence-electron chi connectivity index (χ3n) is 2.74. The number of aryl methyl sites for hydroxylation is 1. The first-order valence-corrected chi connectivity index (χ1v) is 7.28. The number of hydrogen-bond donors (Lipinski definition) is 1. The minimum atomic E-state index is -3.53. The zero-order chi connectivity index (χ0) is 13.2. The highest BCUT2D eigenvalue weighted by atomic mass is 32.2. The molecule has 2 rings (SSSR count). The van der Waals surface area contributed by atoms with Crippen LogP contribution in [0, 0.1) is 12.8 Å². The molecule has 0 saturated heterocycles. The molecule has 5 heteroatoms. The van der Waals surface area contributed by atoms with Crippen LogP contribution in [-0.2, 0) is 10.0 Å². The van der Waals surface area contributed by atoms with Crippen LogP contribution in [-0.4, -0.2) is 13.5 Å². The predicted molar refractivity (Wildman–Crippen MR) is 74.1 cm³/mol. The monoisotopic (exact) mass is 264 g/mol. The summed E-state index contributed by atoms with van der Waals surface area (Å²) in [6.45, 7) is 3.92. The third-order valence-corrected chi connectivity index (χ3v) is 4.14. The topological polar surface area (TPSA) is 58.5 Å². The molecule has 0 spiro atoms. The molecule has 0 bridgehead atoms. The normalized spacial score (nSPS) is 19.4. The standard InChI is InChI=1S/C13H16N2O2S/c1-10-3-5-12(6-4-10)15-18(16,17)13-9-11(2)7-8-14-13/h3-8,11,15H,9H2,1-2H3. The van der Waals surface area contributed by atoms with E-state index in [1.807, 2.05) is 32.1 Å². The average Bonchev–Trinajstić information content (AvgIpc) is 2.32. The van der Waals surface area contributed by atoms with Gasteiger partial charge in [0, 0.05) is 18.3 Å². The van der Waals surface area contributed by atoms with Crippen LogP contribution in [0.25, 0.3) is 0 Å². The first-order valence-electron chi connectivity index (χ1n) is 5.80. The maximum Gasteiger partial charge on any atom is 0.275 e. The van der Waals surface area contributed by atoms with Crippen LogP contribution < -0.4 is 4.72 Å². The van der Waals surface area contributed by atoms with E-state index in [2.05, 4.69) is 9.71 Å². The van der Waals surface area contributed by atoms with E-state index in [9.17, 15) is 8.42 Å². The van der Waals surface area contributed by atoms with Crippen LogP contribution in [0.3, 0.4) is 0 Å². The third kappa shape index (κ3) is 2.98. The minimum Gasteiger partial charge on any atom is -0.279 e. The molecule has 1 N–H and O–H groups in total. The van der Waals surface area contributed by atoms with Crippen molar-refractivity contribution in [2.45, 2.75) is 20.3 Å². The SMILES string of the molecule is Cc1ccc(NS(=O)(=O)C2=NC=CC(C)C2)cc1. The van der Waals surface area contributed by atoms with E-state index in [1.54, 1.807) is 18.3 Å². The second-order valence-corrected chi connectivity index (χ2v) is 6.20. The summed E-state index contributed by atoms with van der Waals surface area (Å²) >= 11 is 0. The number of nitrogens with zero attached hydrogens (tertiary/aromatic N) is 1. The van der Waals surface area contributed by atoms with Gasteiger partial charge in [-0.05, 0) is 25.0 Å². The van der Waals surface area contributed by atoms with Crippen LogP contribution in [0.2, 0.25) is 0 Å². The van der Waals surface area contributed by atoms with Crippen LogP contribution in [0.1, 0.15) is 18.9 Å². The number of allylic oxidation sites excluding steroid dienone is 1. The summed E-state index contributed by atoms with van der Waals surface area (Å²) < 4.78 is 26.8. The van der Waals surface area contributed by atoms with Crippen molar-refractivity contribution in [2.75, 3.05) is 4.72 Å². The molecule has 1 heterocycles. The number of nitrogens with one attached hydrogen (secondary N) is 1. The Morgan fingerprint density at radius 2 is 1.94 bits per heavy atom. The van der Waals surface area contributed by atoms with Crippen molar-refractivity contribution in [2.24, 2.45) is 10.9 Å². The van der Waals surface area contributed by atoms with Gasteiger partial charge in [-0.1, -0.05) is 30.7 Å². The second-order valence-electron chi connectivity index (χ2n) is 4.52. The zero-order valence-corrected chi connectivity index (χ0v) is 11.2. The lowest BCUT2D eigenvalue weighted by molar-refractivity contribution is 0.609. The van der Waals surface area contributed by atoms with E-state index in [-0.39, 0.29) is 11.0 Å². The van der Waals surface area contributed by atoms with Crippen LogP contribution in [0.4, 0.5) is 5.69 Å². The molecule has 0 aromatic heterocycles. The largest absolute Gasteiger partial charge is 0.279 e. The molecule has 1 aliphatic heterocycles. The highest BCUT2D eigenvalue weighted by Crippen LogP contribution is 2.17. The van der Waals surface area contributed by atoms with Crippen molar-refractivity contribution in [3.8, 4) is 0 Å². The van der Waals surface area contributed by atoms with Crippen LogP contribution >= 0.6 is 0 Å². The van der Waals surface area contributed by atoms with E-state index in [0.29, 0.717) is 12.1 Å². The van der Waals surface area contributed by atoms with E-state index in [4.69, 9.17) is 0 Å². The molecule has 0 amide bonds. The number of sulfonamides is 1. The summed E-state index contributed by atoms with van der Waals surface area (Å²) in [6.07, 6.45) is 3.89. The fourth-order valence-corrected chi connectivity index (χ4v) is 2.93. The molecular weight excluding hydrogens is 248 g/mol. The number of rotatable bonds is 2. The molecule has 1 aromatic rings. The molecular formula is C13H16N2O2S. The van der Waals surface area contributed by atoms with Gasteiger partial charge in [-0.2, -0.15) is 8.42 Å². The Morgan fingerprint density at radius 1 is 1.28 bits per heavy atom. The predicted octanol–water partition coefficient (Wildman–Crippen LogP) is 2.69. The molecule has 18 heavy (non-hydrogen) atoms. The van der Waals surface area contributed by atoms with E-state index in [0.717, 1.165) is 5.56 Å². The van der Waals surface area contributed by atoms with Gasteiger partial charge in [0.05, 0.1) is 0 Å². The maximum atomic E-state index is 12.1. The lowest BCUT2D eigenvalue weighted by Gasteiger charge is -2.14. The van der Waals surface area contributed by atoms with Crippen molar-refractivity contribution in [1.29, 1.82) is 0 Å². The summed E-state index contributed by atoms with van der Waals surface area (Å²) in [7, 11) is -3.53. The summed E-state index contributed by atoms with van der Waals surface area (Å²) in [6, 6.07) is 7.22. The molecule has 1 unspecified atom stereocenters. The van der Waals surface area contributed by atoms with Gasteiger partial charge < -0.3 is 0 Å². The lowest BCUT2D eigenvalue weighted by Crippen LogP contribution is -2.25. The molecule has 4 nitrogen and oxygen atoms in total. The number of benzene rings is 1. The Labute approximate surface area is 107 Å². The fraction of sp³-hybridized carbons (Fsp3) is 0.308. The molecule has 96 valence electrons. The first-order chi connectivity index (χ1) is 8.47. The van der Waals surface area contributed by atoms with Crippen molar-refractivity contribution in [3.05, 3.63) is 42.1 Å². The number of aliphatic imine (C=N–C) groups is 1. The van der Waals surface area contributed by atoms with Crippen molar-refractivity contribution in [1.82, 2.24) is 0 Å². The van der Waals surface area contributed by atoms with Gasteiger partial charge in [-0.3, -0.25) is 4.72 Å². The van der Waals surface area contributed by atoms with Crippen LogP contribution in [0.15, 0.2) is 41.5 Å². The Balaban J connectivity index is 2.20. The van der Waals surface area contributed by atoms with Gasteiger partial charge in [-0.25, -0.2) is 4.99 Å². The van der Waals surface area contributed by atoms with Crippen molar-refractivity contribution >= 4 is 20.8 Å². The Bertz CT molecular complexity index is 586. The van der Waals surface area contributed by atoms with E-state index >= 15 is 0 Å². The van der Waals surface area contributed by atoms with Gasteiger partial charge in [0.2, 0.25) is 0 Å². The fourth-order valence-electron chi connectivity index (χ4n) is 1.68. The summed E-state index contributed by atoms with van der Waals surface area (Å²) in [5, 5.41) is 0.193. The van der Waals surface area contributed by atoms with Crippen molar-refractivity contribution < 1.29 is 8.42 Å². The first kappa shape index (κ1) is 12.8. The van der Waals surface area contributed by atoms with Crippen molar-refractivity contribution in [3.63, 3.8) is 0 Å². The van der Waals surface area contributed by atoms with E-state index in [1.165, 1.54) is 0 Å². The summed E-state index contributed by atoms with van der Waals surface area (Å²) in [4.78, 5) is 3.95. The van der Waals surface area contributed by atoms with Gasteiger partial charge in [0.25, 0.3) is 10.0 Å².